The Morgan fingerprint density at radius 3 is 2.72 bits per heavy atom. The van der Waals surface area contributed by atoms with Crippen LogP contribution in [-0.4, -0.2) is 25.9 Å². The van der Waals surface area contributed by atoms with E-state index in [1.165, 1.54) is 5.56 Å². The van der Waals surface area contributed by atoms with Gasteiger partial charge < -0.3 is 14.8 Å². The van der Waals surface area contributed by atoms with Gasteiger partial charge in [-0.25, -0.2) is 0 Å². The van der Waals surface area contributed by atoms with E-state index in [4.69, 9.17) is 9.47 Å². The van der Waals surface area contributed by atoms with Gasteiger partial charge in [0.25, 0.3) is 0 Å². The molecule has 0 aliphatic heterocycles. The third-order valence-electron chi connectivity index (χ3n) is 3.60. The number of para-hydroxylation sites is 1. The van der Waals surface area contributed by atoms with Crippen molar-refractivity contribution in [2.24, 2.45) is 0 Å². The van der Waals surface area contributed by atoms with Gasteiger partial charge in [0.1, 0.15) is 5.75 Å². The summed E-state index contributed by atoms with van der Waals surface area (Å²) in [5, 5.41) is 3.64. The van der Waals surface area contributed by atoms with Gasteiger partial charge in [-0.05, 0) is 32.8 Å². The second-order valence-corrected chi connectivity index (χ2v) is 4.89. The third kappa shape index (κ3) is 3.03. The average molecular weight is 249 g/mol. The highest BCUT2D eigenvalue weighted by Crippen LogP contribution is 2.29. The Bertz CT molecular complexity index is 375. The highest BCUT2D eigenvalue weighted by atomic mass is 16.5. The molecule has 0 bridgehead atoms. The van der Waals surface area contributed by atoms with E-state index < -0.39 is 0 Å². The number of ether oxygens (including phenoxy) is 2. The summed E-state index contributed by atoms with van der Waals surface area (Å²) in [5.41, 5.74) is 1.24. The summed E-state index contributed by atoms with van der Waals surface area (Å²) in [6, 6.07) is 9.14. The standard InChI is InChI=1S/C15H23NO2/c1-4-18-15-8-6-5-7-14(15)11(2)16-12-9-13(10-12)17-3/h5-8,11-13,16H,4,9-10H2,1-3H3. The largest absolute Gasteiger partial charge is 0.494 e. The van der Waals surface area contributed by atoms with Gasteiger partial charge in [0.2, 0.25) is 0 Å². The molecule has 0 aromatic heterocycles. The molecule has 18 heavy (non-hydrogen) atoms. The zero-order valence-corrected chi connectivity index (χ0v) is 11.5. The van der Waals surface area contributed by atoms with Gasteiger partial charge in [0, 0.05) is 24.8 Å². The molecule has 1 saturated carbocycles. The molecule has 1 aromatic carbocycles. The second-order valence-electron chi connectivity index (χ2n) is 4.89. The Labute approximate surface area is 109 Å². The minimum atomic E-state index is 0.315. The number of hydrogen-bond donors (Lipinski definition) is 1. The molecule has 3 heteroatoms. The number of hydrogen-bond acceptors (Lipinski definition) is 3. The van der Waals surface area contributed by atoms with Crippen LogP contribution in [0.5, 0.6) is 5.75 Å². The summed E-state index contributed by atoms with van der Waals surface area (Å²) >= 11 is 0. The first-order valence-corrected chi connectivity index (χ1v) is 6.75. The molecule has 1 atom stereocenters. The van der Waals surface area contributed by atoms with E-state index in [9.17, 15) is 0 Å². The van der Waals surface area contributed by atoms with E-state index in [1.807, 2.05) is 19.1 Å². The Hall–Kier alpha value is -1.06. The predicted octanol–water partition coefficient (Wildman–Crippen LogP) is 2.91. The van der Waals surface area contributed by atoms with Crippen LogP contribution in [0, 0.1) is 0 Å². The fraction of sp³-hybridized carbons (Fsp3) is 0.600. The summed E-state index contributed by atoms with van der Waals surface area (Å²) in [6.07, 6.45) is 2.66. The van der Waals surface area contributed by atoms with Crippen molar-refractivity contribution >= 4 is 0 Å². The fourth-order valence-corrected chi connectivity index (χ4v) is 2.46. The minimum absolute atomic E-state index is 0.315. The van der Waals surface area contributed by atoms with Crippen LogP contribution in [0.1, 0.15) is 38.3 Å². The zero-order chi connectivity index (χ0) is 13.0. The molecule has 0 amide bonds. The maximum absolute atomic E-state index is 5.67. The summed E-state index contributed by atoms with van der Waals surface area (Å²) in [5.74, 6) is 0.989. The SMILES string of the molecule is CCOc1ccccc1C(C)NC1CC(OC)C1. The average Bonchev–Trinajstić information content (AvgIpc) is 2.34. The van der Waals surface area contributed by atoms with E-state index in [0.29, 0.717) is 24.8 Å². The van der Waals surface area contributed by atoms with Crippen LogP contribution in [-0.2, 0) is 4.74 Å². The second kappa shape index (κ2) is 6.21. The maximum Gasteiger partial charge on any atom is 0.124 e. The van der Waals surface area contributed by atoms with Crippen LogP contribution >= 0.6 is 0 Å². The van der Waals surface area contributed by atoms with Crippen molar-refractivity contribution in [2.75, 3.05) is 13.7 Å². The lowest BCUT2D eigenvalue weighted by Crippen LogP contribution is -2.45. The molecule has 0 radical (unpaired) electrons. The summed E-state index contributed by atoms with van der Waals surface area (Å²) in [4.78, 5) is 0. The van der Waals surface area contributed by atoms with Crippen molar-refractivity contribution in [2.45, 2.75) is 44.9 Å². The zero-order valence-electron chi connectivity index (χ0n) is 11.5. The molecule has 1 aliphatic rings. The van der Waals surface area contributed by atoms with Crippen LogP contribution in [0.3, 0.4) is 0 Å². The molecular formula is C15H23NO2. The molecule has 1 aliphatic carbocycles. The lowest BCUT2D eigenvalue weighted by Gasteiger charge is -2.37. The monoisotopic (exact) mass is 249 g/mol. The van der Waals surface area contributed by atoms with E-state index >= 15 is 0 Å². The minimum Gasteiger partial charge on any atom is -0.494 e. The van der Waals surface area contributed by atoms with Gasteiger partial charge in [0.05, 0.1) is 12.7 Å². The summed E-state index contributed by atoms with van der Waals surface area (Å²) < 4.78 is 11.0. The quantitative estimate of drug-likeness (QED) is 0.841. The molecule has 1 fully saturated rings. The molecular weight excluding hydrogens is 226 g/mol. The molecule has 0 spiro atoms. The Kier molecular flexibility index (Phi) is 4.61. The number of nitrogens with one attached hydrogen (secondary N) is 1. The maximum atomic E-state index is 5.67. The van der Waals surface area contributed by atoms with Crippen LogP contribution < -0.4 is 10.1 Å². The van der Waals surface area contributed by atoms with E-state index in [2.05, 4.69) is 24.4 Å². The highest BCUT2D eigenvalue weighted by molar-refractivity contribution is 5.35. The molecule has 0 saturated heterocycles. The number of benzene rings is 1. The summed E-state index contributed by atoms with van der Waals surface area (Å²) in [6.45, 7) is 4.92. The Morgan fingerprint density at radius 1 is 1.33 bits per heavy atom. The van der Waals surface area contributed by atoms with Crippen molar-refractivity contribution in [3.63, 3.8) is 0 Å². The van der Waals surface area contributed by atoms with Crippen molar-refractivity contribution in [3.8, 4) is 5.75 Å². The third-order valence-corrected chi connectivity index (χ3v) is 3.60. The lowest BCUT2D eigenvalue weighted by molar-refractivity contribution is 0.0146. The number of methoxy groups -OCH3 is 1. The van der Waals surface area contributed by atoms with E-state index in [-0.39, 0.29) is 0 Å². The van der Waals surface area contributed by atoms with Gasteiger partial charge in [0.15, 0.2) is 0 Å². The van der Waals surface area contributed by atoms with Crippen molar-refractivity contribution in [1.29, 1.82) is 0 Å². The van der Waals surface area contributed by atoms with Gasteiger partial charge in [-0.15, -0.1) is 0 Å². The lowest BCUT2D eigenvalue weighted by atomic mass is 9.88. The Balaban J connectivity index is 1.94. The van der Waals surface area contributed by atoms with E-state index in [1.54, 1.807) is 7.11 Å². The van der Waals surface area contributed by atoms with Gasteiger partial charge >= 0.3 is 0 Å². The van der Waals surface area contributed by atoms with Crippen LogP contribution in [0.4, 0.5) is 0 Å². The first kappa shape index (κ1) is 13.4. The Morgan fingerprint density at radius 2 is 2.06 bits per heavy atom. The van der Waals surface area contributed by atoms with Crippen molar-refractivity contribution in [1.82, 2.24) is 5.32 Å². The van der Waals surface area contributed by atoms with Crippen LogP contribution in [0.25, 0.3) is 0 Å². The number of rotatable bonds is 6. The van der Waals surface area contributed by atoms with Gasteiger partial charge in [-0.2, -0.15) is 0 Å². The first-order valence-electron chi connectivity index (χ1n) is 6.75. The fourth-order valence-electron chi connectivity index (χ4n) is 2.46. The first-order chi connectivity index (χ1) is 8.74. The summed E-state index contributed by atoms with van der Waals surface area (Å²) in [7, 11) is 1.79. The topological polar surface area (TPSA) is 30.5 Å². The molecule has 100 valence electrons. The molecule has 1 aromatic rings. The molecule has 1 N–H and O–H groups in total. The van der Waals surface area contributed by atoms with Crippen LogP contribution in [0.2, 0.25) is 0 Å². The predicted molar refractivity (Wildman–Crippen MR) is 73.0 cm³/mol. The highest BCUT2D eigenvalue weighted by Gasteiger charge is 2.30. The van der Waals surface area contributed by atoms with E-state index in [0.717, 1.165) is 18.6 Å². The van der Waals surface area contributed by atoms with Crippen LogP contribution in [0.15, 0.2) is 24.3 Å². The van der Waals surface area contributed by atoms with Crippen molar-refractivity contribution in [3.05, 3.63) is 29.8 Å². The van der Waals surface area contributed by atoms with Crippen molar-refractivity contribution < 1.29 is 9.47 Å². The normalized spacial score (nSPS) is 24.4. The molecule has 1 unspecified atom stereocenters. The molecule has 0 heterocycles. The molecule has 3 nitrogen and oxygen atoms in total. The smallest absolute Gasteiger partial charge is 0.124 e. The van der Waals surface area contributed by atoms with Gasteiger partial charge in [-0.1, -0.05) is 18.2 Å². The molecule has 2 rings (SSSR count). The van der Waals surface area contributed by atoms with Gasteiger partial charge in [-0.3, -0.25) is 0 Å².